The standard InChI is InChI=1S/C14H17N/c1-11(2)14-9-5-7-12(3)8-6-10-15-13(14)4/h5-11H,3-4H2,1-2H3. The van der Waals surface area contributed by atoms with Gasteiger partial charge in [-0.05, 0) is 22.8 Å². The number of nitrogens with zero attached hydrogens (tertiary/aromatic N) is 1. The third kappa shape index (κ3) is 3.55. The Hall–Kier alpha value is -1.63. The SMILES string of the molecule is C=c1cccnc(=C)c(C(C)C)ccc1. The molecule has 15 heavy (non-hydrogen) atoms. The highest BCUT2D eigenvalue weighted by molar-refractivity contribution is 5.17. The molecule has 0 saturated heterocycles. The highest BCUT2D eigenvalue weighted by atomic mass is 14.6. The summed E-state index contributed by atoms with van der Waals surface area (Å²) in [5.41, 5.74) is 1.16. The molecular weight excluding hydrogens is 182 g/mol. The van der Waals surface area contributed by atoms with Gasteiger partial charge >= 0.3 is 0 Å². The van der Waals surface area contributed by atoms with Crippen LogP contribution in [0.4, 0.5) is 0 Å². The molecule has 0 aromatic carbocycles. The van der Waals surface area contributed by atoms with Crippen molar-refractivity contribution in [3.05, 3.63) is 52.7 Å². The molecule has 0 aliphatic heterocycles. The topological polar surface area (TPSA) is 12.9 Å². The van der Waals surface area contributed by atoms with Gasteiger partial charge in [-0.25, -0.2) is 0 Å². The van der Waals surface area contributed by atoms with Crippen molar-refractivity contribution < 1.29 is 0 Å². The third-order valence-corrected chi connectivity index (χ3v) is 2.17. The van der Waals surface area contributed by atoms with Crippen molar-refractivity contribution in [3.8, 4) is 0 Å². The van der Waals surface area contributed by atoms with Crippen molar-refractivity contribution in [2.45, 2.75) is 19.8 Å². The molecular formula is C14H17N. The van der Waals surface area contributed by atoms with Crippen LogP contribution < -0.4 is 10.6 Å². The van der Waals surface area contributed by atoms with Gasteiger partial charge in [-0.15, -0.1) is 0 Å². The Labute approximate surface area is 91.1 Å². The van der Waals surface area contributed by atoms with Gasteiger partial charge < -0.3 is 0 Å². The zero-order chi connectivity index (χ0) is 11.3. The van der Waals surface area contributed by atoms with Gasteiger partial charge in [0.25, 0.3) is 0 Å². The second-order valence-corrected chi connectivity index (χ2v) is 3.79. The molecule has 1 aromatic heterocycles. The summed E-state index contributed by atoms with van der Waals surface area (Å²) in [4.78, 5) is 4.27. The average Bonchev–Trinajstić information content (AvgIpc) is 2.18. The summed E-state index contributed by atoms with van der Waals surface area (Å²) >= 11 is 0. The molecule has 0 aliphatic rings. The van der Waals surface area contributed by atoms with Crippen LogP contribution in [0.1, 0.15) is 25.3 Å². The van der Waals surface area contributed by atoms with E-state index in [9.17, 15) is 0 Å². The fourth-order valence-corrected chi connectivity index (χ4v) is 1.33. The molecule has 0 amide bonds. The van der Waals surface area contributed by atoms with Crippen molar-refractivity contribution in [1.82, 2.24) is 4.98 Å². The second-order valence-electron chi connectivity index (χ2n) is 3.79. The summed E-state index contributed by atoms with van der Waals surface area (Å²) in [6.45, 7) is 12.1. The molecule has 1 nitrogen and oxygen atoms in total. The van der Waals surface area contributed by atoms with Crippen molar-refractivity contribution in [2.24, 2.45) is 0 Å². The maximum atomic E-state index is 4.27. The molecule has 0 unspecified atom stereocenters. The van der Waals surface area contributed by atoms with Crippen LogP contribution in [-0.4, -0.2) is 4.98 Å². The van der Waals surface area contributed by atoms with E-state index in [0.717, 1.165) is 16.1 Å². The monoisotopic (exact) mass is 199 g/mol. The minimum absolute atomic E-state index is 0.427. The average molecular weight is 199 g/mol. The van der Waals surface area contributed by atoms with E-state index in [1.54, 1.807) is 6.20 Å². The first-order valence-corrected chi connectivity index (χ1v) is 5.08. The van der Waals surface area contributed by atoms with E-state index in [1.807, 2.05) is 24.3 Å². The Bertz CT molecular complexity index is 473. The smallest absolute Gasteiger partial charge is 0.0592 e. The lowest BCUT2D eigenvalue weighted by molar-refractivity contribution is 0.851. The Kier molecular flexibility index (Phi) is 4.04. The molecule has 0 fully saturated rings. The summed E-state index contributed by atoms with van der Waals surface area (Å²) in [6, 6.07) is 9.82. The third-order valence-electron chi connectivity index (χ3n) is 2.17. The van der Waals surface area contributed by atoms with E-state index >= 15 is 0 Å². The molecule has 0 saturated carbocycles. The van der Waals surface area contributed by atoms with Gasteiger partial charge in [-0.1, -0.05) is 51.3 Å². The van der Waals surface area contributed by atoms with Crippen molar-refractivity contribution in [2.75, 3.05) is 0 Å². The lowest BCUT2D eigenvalue weighted by atomic mass is 10.1. The van der Waals surface area contributed by atoms with Crippen molar-refractivity contribution in [3.63, 3.8) is 0 Å². The lowest BCUT2D eigenvalue weighted by Gasteiger charge is -2.01. The molecule has 0 atom stereocenters. The molecule has 0 N–H and O–H groups in total. The molecule has 0 radical (unpaired) electrons. The molecule has 1 heterocycles. The number of rotatable bonds is 1. The number of hydrogen-bond acceptors (Lipinski definition) is 1. The fraction of sp³-hybridized carbons (Fsp3) is 0.214. The predicted molar refractivity (Wildman–Crippen MR) is 66.2 cm³/mol. The molecule has 0 aliphatic carbocycles. The van der Waals surface area contributed by atoms with E-state index in [4.69, 9.17) is 0 Å². The summed E-state index contributed by atoms with van der Waals surface area (Å²) in [6.07, 6.45) is 1.75. The largest absolute Gasteiger partial charge is 0.257 e. The Morgan fingerprint density at radius 1 is 1.07 bits per heavy atom. The lowest BCUT2D eigenvalue weighted by Crippen LogP contribution is -2.10. The van der Waals surface area contributed by atoms with Gasteiger partial charge in [0.05, 0.1) is 5.35 Å². The minimum Gasteiger partial charge on any atom is -0.257 e. The molecule has 78 valence electrons. The van der Waals surface area contributed by atoms with Gasteiger partial charge in [-0.2, -0.15) is 0 Å². The highest BCUT2D eigenvalue weighted by Crippen LogP contribution is 2.05. The first kappa shape index (κ1) is 11.4. The van der Waals surface area contributed by atoms with Crippen LogP contribution in [0, 0.1) is 0 Å². The van der Waals surface area contributed by atoms with Gasteiger partial charge in [0.1, 0.15) is 0 Å². The van der Waals surface area contributed by atoms with Gasteiger partial charge in [-0.3, -0.25) is 4.98 Å². The molecule has 1 heteroatoms. The molecule has 0 spiro atoms. The first-order valence-electron chi connectivity index (χ1n) is 5.08. The van der Waals surface area contributed by atoms with Crippen LogP contribution in [0.2, 0.25) is 0 Å². The van der Waals surface area contributed by atoms with E-state index in [0.29, 0.717) is 5.92 Å². The molecule has 0 bridgehead atoms. The second kappa shape index (κ2) is 5.30. The summed E-state index contributed by atoms with van der Waals surface area (Å²) in [5.74, 6) is 0.427. The summed E-state index contributed by atoms with van der Waals surface area (Å²) < 4.78 is 0. The summed E-state index contributed by atoms with van der Waals surface area (Å²) in [7, 11) is 0. The maximum Gasteiger partial charge on any atom is 0.0592 e. The van der Waals surface area contributed by atoms with Crippen molar-refractivity contribution in [1.29, 1.82) is 0 Å². The van der Waals surface area contributed by atoms with Gasteiger partial charge in [0.2, 0.25) is 0 Å². The zero-order valence-corrected chi connectivity index (χ0v) is 9.40. The van der Waals surface area contributed by atoms with E-state index in [-0.39, 0.29) is 0 Å². The highest BCUT2D eigenvalue weighted by Gasteiger charge is 1.96. The Morgan fingerprint density at radius 2 is 1.73 bits per heavy atom. The van der Waals surface area contributed by atoms with Crippen LogP contribution in [-0.2, 0) is 0 Å². The molecule has 1 rings (SSSR count). The van der Waals surface area contributed by atoms with Gasteiger partial charge in [0, 0.05) is 6.20 Å². The number of aromatic nitrogens is 1. The Morgan fingerprint density at radius 3 is 2.40 bits per heavy atom. The molecule has 1 aromatic rings. The fourth-order valence-electron chi connectivity index (χ4n) is 1.33. The zero-order valence-electron chi connectivity index (χ0n) is 9.40. The summed E-state index contributed by atoms with van der Waals surface area (Å²) in [5, 5.41) is 1.79. The van der Waals surface area contributed by atoms with Crippen LogP contribution in [0.25, 0.3) is 13.2 Å². The maximum absolute atomic E-state index is 4.27. The van der Waals surface area contributed by atoms with E-state index in [2.05, 4.69) is 38.1 Å². The van der Waals surface area contributed by atoms with E-state index in [1.165, 1.54) is 0 Å². The first-order chi connectivity index (χ1) is 7.11. The normalized spacial score (nSPS) is 9.80. The van der Waals surface area contributed by atoms with E-state index < -0.39 is 0 Å². The minimum atomic E-state index is 0.427. The Balaban J connectivity index is 3.50. The predicted octanol–water partition coefficient (Wildman–Crippen LogP) is 2.15. The van der Waals surface area contributed by atoms with Crippen LogP contribution in [0.15, 0.2) is 36.5 Å². The quantitative estimate of drug-likeness (QED) is 0.675. The van der Waals surface area contributed by atoms with Crippen LogP contribution in [0.5, 0.6) is 0 Å². The number of hydrogen-bond donors (Lipinski definition) is 0. The van der Waals surface area contributed by atoms with Crippen LogP contribution >= 0.6 is 0 Å². The van der Waals surface area contributed by atoms with Crippen LogP contribution in [0.3, 0.4) is 0 Å². The van der Waals surface area contributed by atoms with Crippen molar-refractivity contribution >= 4 is 13.2 Å². The van der Waals surface area contributed by atoms with Gasteiger partial charge in [0.15, 0.2) is 0 Å².